The molecule has 0 spiro atoms. The monoisotopic (exact) mass is 212 g/mol. The number of aliphatic hydroxyl groups is 1. The standard InChI is InChI=1S/C10H12O3S/c1-6-2-4-10(6,13)8-7(9(11)12)3-5-14-8/h3,5-6,13H,2,4H2,1H3,(H,11,12). The Morgan fingerprint density at radius 1 is 1.71 bits per heavy atom. The van der Waals surface area contributed by atoms with Gasteiger partial charge in [-0.3, -0.25) is 0 Å². The van der Waals surface area contributed by atoms with Gasteiger partial charge in [-0.1, -0.05) is 6.92 Å². The van der Waals surface area contributed by atoms with E-state index in [0.29, 0.717) is 11.3 Å². The summed E-state index contributed by atoms with van der Waals surface area (Å²) < 4.78 is 0. The molecule has 2 atom stereocenters. The van der Waals surface area contributed by atoms with Crippen LogP contribution in [0.25, 0.3) is 0 Å². The minimum absolute atomic E-state index is 0.166. The van der Waals surface area contributed by atoms with Crippen molar-refractivity contribution < 1.29 is 15.0 Å². The highest BCUT2D eigenvalue weighted by Crippen LogP contribution is 2.49. The first-order valence-corrected chi connectivity index (χ1v) is 5.47. The number of aromatic carboxylic acids is 1. The van der Waals surface area contributed by atoms with Crippen molar-refractivity contribution in [3.63, 3.8) is 0 Å². The summed E-state index contributed by atoms with van der Waals surface area (Å²) in [5, 5.41) is 20.9. The molecule has 0 saturated heterocycles. The molecule has 2 rings (SSSR count). The van der Waals surface area contributed by atoms with Crippen molar-refractivity contribution in [2.24, 2.45) is 5.92 Å². The van der Waals surface area contributed by atoms with E-state index in [2.05, 4.69) is 0 Å². The van der Waals surface area contributed by atoms with E-state index < -0.39 is 11.6 Å². The Labute approximate surface area is 86.0 Å². The van der Waals surface area contributed by atoms with Gasteiger partial charge in [0.05, 0.1) is 10.4 Å². The second-order valence-electron chi connectivity index (χ2n) is 3.83. The maximum Gasteiger partial charge on any atom is 0.336 e. The summed E-state index contributed by atoms with van der Waals surface area (Å²) in [5.41, 5.74) is -0.633. The Kier molecular flexibility index (Phi) is 2.12. The van der Waals surface area contributed by atoms with Crippen molar-refractivity contribution in [1.29, 1.82) is 0 Å². The third kappa shape index (κ3) is 1.18. The topological polar surface area (TPSA) is 57.5 Å². The molecule has 0 bridgehead atoms. The zero-order valence-corrected chi connectivity index (χ0v) is 8.67. The Bertz CT molecular complexity index is 371. The van der Waals surface area contributed by atoms with Crippen LogP contribution in [0, 0.1) is 5.92 Å². The van der Waals surface area contributed by atoms with Crippen LogP contribution < -0.4 is 0 Å². The van der Waals surface area contributed by atoms with Crippen molar-refractivity contribution >= 4 is 17.3 Å². The van der Waals surface area contributed by atoms with Gasteiger partial charge in [0.2, 0.25) is 0 Å². The molecule has 1 fully saturated rings. The number of carboxylic acid groups (broad SMARTS) is 1. The summed E-state index contributed by atoms with van der Waals surface area (Å²) in [6.45, 7) is 1.95. The molecule has 2 N–H and O–H groups in total. The molecule has 1 aromatic heterocycles. The molecule has 14 heavy (non-hydrogen) atoms. The van der Waals surface area contributed by atoms with Gasteiger partial charge >= 0.3 is 5.97 Å². The van der Waals surface area contributed by atoms with Crippen LogP contribution in [0.4, 0.5) is 0 Å². The van der Waals surface area contributed by atoms with Crippen LogP contribution in [0.2, 0.25) is 0 Å². The van der Waals surface area contributed by atoms with Gasteiger partial charge in [0.1, 0.15) is 5.60 Å². The summed E-state index contributed by atoms with van der Waals surface area (Å²) in [7, 11) is 0. The molecule has 0 radical (unpaired) electrons. The molecule has 1 aliphatic rings. The molecule has 0 aromatic carbocycles. The second kappa shape index (κ2) is 3.07. The van der Waals surface area contributed by atoms with Crippen LogP contribution in [-0.2, 0) is 5.60 Å². The van der Waals surface area contributed by atoms with Gasteiger partial charge in [-0.25, -0.2) is 4.79 Å². The van der Waals surface area contributed by atoms with E-state index >= 15 is 0 Å². The quantitative estimate of drug-likeness (QED) is 0.789. The van der Waals surface area contributed by atoms with Gasteiger partial charge in [0.15, 0.2) is 0 Å². The molecule has 76 valence electrons. The maximum absolute atomic E-state index is 10.9. The van der Waals surface area contributed by atoms with E-state index in [1.807, 2.05) is 6.92 Å². The van der Waals surface area contributed by atoms with Crippen molar-refractivity contribution in [2.75, 3.05) is 0 Å². The van der Waals surface area contributed by atoms with E-state index in [4.69, 9.17) is 5.11 Å². The third-order valence-corrected chi connectivity index (χ3v) is 4.14. The molecular formula is C10H12O3S. The number of hydrogen-bond donors (Lipinski definition) is 2. The summed E-state index contributed by atoms with van der Waals surface area (Å²) >= 11 is 1.33. The van der Waals surface area contributed by atoms with Gasteiger partial charge in [-0.2, -0.15) is 0 Å². The van der Waals surface area contributed by atoms with Crippen molar-refractivity contribution in [3.05, 3.63) is 21.9 Å². The predicted octanol–water partition coefficient (Wildman–Crippen LogP) is 2.06. The van der Waals surface area contributed by atoms with Gasteiger partial charge < -0.3 is 10.2 Å². The lowest BCUT2D eigenvalue weighted by atomic mass is 9.69. The number of rotatable bonds is 2. The fourth-order valence-electron chi connectivity index (χ4n) is 1.86. The predicted molar refractivity (Wildman–Crippen MR) is 53.6 cm³/mol. The largest absolute Gasteiger partial charge is 0.478 e. The molecule has 3 nitrogen and oxygen atoms in total. The highest BCUT2D eigenvalue weighted by atomic mass is 32.1. The van der Waals surface area contributed by atoms with Crippen LogP contribution >= 0.6 is 11.3 Å². The average molecular weight is 212 g/mol. The van der Waals surface area contributed by atoms with E-state index in [9.17, 15) is 9.90 Å². The molecule has 1 heterocycles. The van der Waals surface area contributed by atoms with Gasteiger partial charge in [0, 0.05) is 0 Å². The van der Waals surface area contributed by atoms with Crippen molar-refractivity contribution in [3.8, 4) is 0 Å². The molecule has 1 saturated carbocycles. The lowest BCUT2D eigenvalue weighted by molar-refractivity contribution is -0.0905. The Balaban J connectivity index is 2.41. The first-order chi connectivity index (χ1) is 6.55. The van der Waals surface area contributed by atoms with Crippen LogP contribution in [0.5, 0.6) is 0 Å². The van der Waals surface area contributed by atoms with E-state index in [-0.39, 0.29) is 11.5 Å². The number of carboxylic acids is 1. The highest BCUT2D eigenvalue weighted by molar-refractivity contribution is 7.10. The van der Waals surface area contributed by atoms with Gasteiger partial charge in [-0.15, -0.1) is 11.3 Å². The van der Waals surface area contributed by atoms with Crippen molar-refractivity contribution in [1.82, 2.24) is 0 Å². The fourth-order valence-corrected chi connectivity index (χ4v) is 2.99. The summed E-state index contributed by atoms with van der Waals surface area (Å²) in [5.74, 6) is -0.784. The zero-order valence-electron chi connectivity index (χ0n) is 7.86. The molecule has 4 heteroatoms. The minimum Gasteiger partial charge on any atom is -0.478 e. The molecule has 0 amide bonds. The van der Waals surface area contributed by atoms with Crippen molar-refractivity contribution in [2.45, 2.75) is 25.4 Å². The SMILES string of the molecule is CC1CCC1(O)c1sccc1C(=O)O. The number of carbonyl (C=O) groups is 1. The summed E-state index contributed by atoms with van der Waals surface area (Å²) in [6.07, 6.45) is 1.64. The summed E-state index contributed by atoms with van der Waals surface area (Å²) in [4.78, 5) is 11.5. The van der Waals surface area contributed by atoms with Gasteiger partial charge in [-0.05, 0) is 30.2 Å². The zero-order chi connectivity index (χ0) is 10.3. The Hall–Kier alpha value is -0.870. The maximum atomic E-state index is 10.9. The number of hydrogen-bond acceptors (Lipinski definition) is 3. The first-order valence-electron chi connectivity index (χ1n) is 4.59. The molecule has 1 aromatic rings. The van der Waals surface area contributed by atoms with Crippen LogP contribution in [0.1, 0.15) is 35.0 Å². The molecule has 1 aliphatic carbocycles. The van der Waals surface area contributed by atoms with E-state index in [1.165, 1.54) is 11.3 Å². The fraction of sp³-hybridized carbons (Fsp3) is 0.500. The van der Waals surface area contributed by atoms with Crippen LogP contribution in [0.3, 0.4) is 0 Å². The summed E-state index contributed by atoms with van der Waals surface area (Å²) in [6, 6.07) is 1.56. The molecular weight excluding hydrogens is 200 g/mol. The second-order valence-corrected chi connectivity index (χ2v) is 4.75. The lowest BCUT2D eigenvalue weighted by Gasteiger charge is -2.43. The minimum atomic E-state index is -0.950. The van der Waals surface area contributed by atoms with E-state index in [1.54, 1.807) is 11.4 Å². The lowest BCUT2D eigenvalue weighted by Crippen LogP contribution is -2.42. The average Bonchev–Trinajstić information content (AvgIpc) is 2.62. The molecule has 0 aliphatic heterocycles. The highest BCUT2D eigenvalue weighted by Gasteiger charge is 2.46. The molecule has 2 unspecified atom stereocenters. The van der Waals surface area contributed by atoms with Crippen LogP contribution in [-0.4, -0.2) is 16.2 Å². The van der Waals surface area contributed by atoms with Gasteiger partial charge in [0.25, 0.3) is 0 Å². The Morgan fingerprint density at radius 2 is 2.43 bits per heavy atom. The number of thiophene rings is 1. The smallest absolute Gasteiger partial charge is 0.336 e. The first kappa shape index (κ1) is 9.68. The van der Waals surface area contributed by atoms with E-state index in [0.717, 1.165) is 6.42 Å². The Morgan fingerprint density at radius 3 is 2.86 bits per heavy atom. The third-order valence-electron chi connectivity index (χ3n) is 3.06. The normalized spacial score (nSPS) is 31.1. The van der Waals surface area contributed by atoms with Crippen LogP contribution in [0.15, 0.2) is 11.4 Å².